The summed E-state index contributed by atoms with van der Waals surface area (Å²) in [4.78, 5) is 13.2. The van der Waals surface area contributed by atoms with Crippen molar-refractivity contribution < 1.29 is 9.18 Å². The molecule has 1 aliphatic heterocycles. The van der Waals surface area contributed by atoms with Crippen molar-refractivity contribution in [3.8, 4) is 0 Å². The van der Waals surface area contributed by atoms with Gasteiger partial charge in [0.1, 0.15) is 18.1 Å². The molecule has 0 bridgehead atoms. The monoisotopic (exact) mass is 273 g/mol. The first-order chi connectivity index (χ1) is 9.74. The minimum absolute atomic E-state index is 0.236. The third kappa shape index (κ3) is 2.54. The number of Topliss-reactive ketones (excluding diaryl/α,β-unsaturated/α-hetero) is 1. The van der Waals surface area contributed by atoms with Crippen molar-refractivity contribution in [1.82, 2.24) is 15.0 Å². The van der Waals surface area contributed by atoms with Gasteiger partial charge in [-0.15, -0.1) is 5.10 Å². The molecule has 2 aromatic rings. The number of benzene rings is 1. The van der Waals surface area contributed by atoms with Gasteiger partial charge in [-0.1, -0.05) is 17.3 Å². The van der Waals surface area contributed by atoms with Crippen LogP contribution in [0.2, 0.25) is 0 Å². The van der Waals surface area contributed by atoms with Crippen LogP contribution >= 0.6 is 0 Å². The molecule has 20 heavy (non-hydrogen) atoms. The number of hydrogen-bond acceptors (Lipinski definition) is 4. The van der Waals surface area contributed by atoms with Crippen molar-refractivity contribution >= 4 is 11.5 Å². The van der Waals surface area contributed by atoms with Crippen LogP contribution in [0.3, 0.4) is 0 Å². The van der Waals surface area contributed by atoms with Crippen LogP contribution in [-0.2, 0) is 4.79 Å². The van der Waals surface area contributed by atoms with Crippen molar-refractivity contribution in [3.63, 3.8) is 0 Å². The van der Waals surface area contributed by atoms with Crippen molar-refractivity contribution in [3.05, 3.63) is 48.5 Å². The molecule has 3 rings (SSSR count). The highest BCUT2D eigenvalue weighted by Crippen LogP contribution is 2.28. The number of anilines is 1. The Morgan fingerprint density at radius 2 is 2.05 bits per heavy atom. The minimum Gasteiger partial charge on any atom is -0.368 e. The van der Waals surface area contributed by atoms with Crippen LogP contribution < -0.4 is 4.90 Å². The normalized spacial score (nSPS) is 15.7. The maximum atomic E-state index is 14.2. The number of hydrogen-bond donors (Lipinski definition) is 0. The van der Waals surface area contributed by atoms with E-state index in [1.165, 1.54) is 10.7 Å². The third-order valence-corrected chi connectivity index (χ3v) is 3.37. The van der Waals surface area contributed by atoms with Gasteiger partial charge in [-0.2, -0.15) is 0 Å². The molecule has 1 radical (unpaired) electrons. The maximum absolute atomic E-state index is 14.2. The number of nitrogens with zero attached hydrogens (tertiary/aromatic N) is 4. The van der Waals surface area contributed by atoms with E-state index in [1.54, 1.807) is 25.0 Å². The van der Waals surface area contributed by atoms with Gasteiger partial charge in [0.05, 0.1) is 11.9 Å². The molecule has 1 fully saturated rings. The SMILES string of the molecule is O=C1CCN(c2c(F)cccc2[CH]n2ccnn2)CC1. The summed E-state index contributed by atoms with van der Waals surface area (Å²) in [5.41, 5.74) is 1.25. The second-order valence-corrected chi connectivity index (χ2v) is 4.72. The molecule has 103 valence electrons. The predicted molar refractivity (Wildman–Crippen MR) is 71.7 cm³/mol. The van der Waals surface area contributed by atoms with Crippen LogP contribution in [0.4, 0.5) is 10.1 Å². The molecule has 1 saturated heterocycles. The molecule has 0 saturated carbocycles. The first kappa shape index (κ1) is 12.8. The Morgan fingerprint density at radius 1 is 1.25 bits per heavy atom. The number of carbonyl (C=O) groups is 1. The lowest BCUT2D eigenvalue weighted by molar-refractivity contribution is -0.119. The minimum atomic E-state index is -0.284. The van der Waals surface area contributed by atoms with E-state index >= 15 is 0 Å². The maximum Gasteiger partial charge on any atom is 0.146 e. The summed E-state index contributed by atoms with van der Waals surface area (Å²) in [7, 11) is 0. The van der Waals surface area contributed by atoms with Gasteiger partial charge in [0, 0.05) is 37.7 Å². The largest absolute Gasteiger partial charge is 0.368 e. The lowest BCUT2D eigenvalue weighted by atomic mass is 10.1. The topological polar surface area (TPSA) is 51.0 Å². The predicted octanol–water partition coefficient (Wildman–Crippen LogP) is 1.64. The molecule has 5 nitrogen and oxygen atoms in total. The Labute approximate surface area is 116 Å². The van der Waals surface area contributed by atoms with Crippen LogP contribution in [0.1, 0.15) is 18.4 Å². The van der Waals surface area contributed by atoms with Crippen LogP contribution in [0, 0.1) is 12.4 Å². The number of rotatable bonds is 3. The Kier molecular flexibility index (Phi) is 3.45. The quantitative estimate of drug-likeness (QED) is 0.853. The Balaban J connectivity index is 1.90. The number of piperidine rings is 1. The van der Waals surface area contributed by atoms with Crippen LogP contribution in [-0.4, -0.2) is 33.9 Å². The smallest absolute Gasteiger partial charge is 0.146 e. The Bertz CT molecular complexity index is 602. The molecule has 1 aromatic carbocycles. The summed E-state index contributed by atoms with van der Waals surface area (Å²) in [6.07, 6.45) is 4.19. The van der Waals surface area contributed by atoms with E-state index in [4.69, 9.17) is 0 Å². The fraction of sp³-hybridized carbons (Fsp3) is 0.286. The van der Waals surface area contributed by atoms with E-state index in [2.05, 4.69) is 10.3 Å². The molecule has 1 aliphatic rings. The Morgan fingerprint density at radius 3 is 2.75 bits per heavy atom. The fourth-order valence-electron chi connectivity index (χ4n) is 2.38. The highest BCUT2D eigenvalue weighted by molar-refractivity contribution is 5.81. The fourth-order valence-corrected chi connectivity index (χ4v) is 2.38. The summed E-state index contributed by atoms with van der Waals surface area (Å²) < 4.78 is 15.7. The Hall–Kier alpha value is -2.24. The summed E-state index contributed by atoms with van der Waals surface area (Å²) >= 11 is 0. The van der Waals surface area contributed by atoms with Crippen molar-refractivity contribution in [2.24, 2.45) is 0 Å². The van der Waals surface area contributed by atoms with Crippen LogP contribution in [0.25, 0.3) is 0 Å². The van der Waals surface area contributed by atoms with E-state index in [9.17, 15) is 9.18 Å². The highest BCUT2D eigenvalue weighted by atomic mass is 19.1. The molecule has 6 heteroatoms. The van der Waals surface area contributed by atoms with Gasteiger partial charge >= 0.3 is 0 Å². The molecule has 1 aromatic heterocycles. The van der Waals surface area contributed by atoms with Crippen LogP contribution in [0.5, 0.6) is 0 Å². The molecule has 0 spiro atoms. The average Bonchev–Trinajstić information content (AvgIpc) is 2.94. The summed E-state index contributed by atoms with van der Waals surface area (Å²) in [5, 5.41) is 7.58. The summed E-state index contributed by atoms with van der Waals surface area (Å²) in [6, 6.07) is 4.93. The first-order valence-corrected chi connectivity index (χ1v) is 6.50. The van der Waals surface area contributed by atoms with E-state index < -0.39 is 0 Å². The van der Waals surface area contributed by atoms with Gasteiger partial charge in [-0.05, 0) is 6.07 Å². The summed E-state index contributed by atoms with van der Waals surface area (Å²) in [5.74, 6) is -0.0485. The number of para-hydroxylation sites is 1. The molecular weight excluding hydrogens is 259 g/mol. The van der Waals surface area contributed by atoms with Gasteiger partial charge in [-0.3, -0.25) is 4.79 Å². The zero-order valence-electron chi connectivity index (χ0n) is 10.9. The highest BCUT2D eigenvalue weighted by Gasteiger charge is 2.21. The average molecular weight is 273 g/mol. The van der Waals surface area contributed by atoms with Crippen LogP contribution in [0.15, 0.2) is 30.6 Å². The number of halogens is 1. The van der Waals surface area contributed by atoms with Gasteiger partial charge in [0.25, 0.3) is 0 Å². The first-order valence-electron chi connectivity index (χ1n) is 6.50. The molecule has 0 amide bonds. The van der Waals surface area contributed by atoms with Gasteiger partial charge in [0.2, 0.25) is 0 Å². The second kappa shape index (κ2) is 5.40. The number of aromatic nitrogens is 3. The zero-order valence-corrected chi connectivity index (χ0v) is 10.9. The lowest BCUT2D eigenvalue weighted by Gasteiger charge is -2.30. The molecular formula is C14H14FN4O. The summed E-state index contributed by atoms with van der Waals surface area (Å²) in [6.45, 7) is 2.83. The van der Waals surface area contributed by atoms with Gasteiger partial charge in [-0.25, -0.2) is 9.07 Å². The van der Waals surface area contributed by atoms with E-state index in [1.807, 2.05) is 11.0 Å². The van der Waals surface area contributed by atoms with Crippen molar-refractivity contribution in [2.75, 3.05) is 18.0 Å². The molecule has 0 N–H and O–H groups in total. The van der Waals surface area contributed by atoms with Crippen molar-refractivity contribution in [1.29, 1.82) is 0 Å². The third-order valence-electron chi connectivity index (χ3n) is 3.37. The standard InChI is InChI=1S/C14H14FN4O/c15-13-3-1-2-11(10-19-9-6-16-17-19)14(13)18-7-4-12(20)5-8-18/h1-3,6,9-10H,4-5,7-8H2. The molecule has 0 atom stereocenters. The zero-order chi connectivity index (χ0) is 13.9. The number of carbonyl (C=O) groups excluding carboxylic acids is 1. The lowest BCUT2D eigenvalue weighted by Crippen LogP contribution is -2.35. The molecule has 0 aliphatic carbocycles. The molecule has 0 unspecified atom stereocenters. The number of ketones is 1. The van der Waals surface area contributed by atoms with E-state index in [0.29, 0.717) is 31.6 Å². The van der Waals surface area contributed by atoms with E-state index in [-0.39, 0.29) is 11.6 Å². The van der Waals surface area contributed by atoms with Gasteiger partial charge in [0.15, 0.2) is 0 Å². The van der Waals surface area contributed by atoms with Crippen molar-refractivity contribution in [2.45, 2.75) is 12.8 Å². The van der Waals surface area contributed by atoms with Gasteiger partial charge < -0.3 is 4.90 Å². The second-order valence-electron chi connectivity index (χ2n) is 4.72. The molecule has 2 heterocycles. The van der Waals surface area contributed by atoms with E-state index in [0.717, 1.165) is 5.56 Å².